The second-order valence-electron chi connectivity index (χ2n) is 10.9. The minimum absolute atomic E-state index is 0.0275. The van der Waals surface area contributed by atoms with Gasteiger partial charge in [0.2, 0.25) is 5.78 Å². The van der Waals surface area contributed by atoms with E-state index in [4.69, 9.17) is 9.84 Å². The number of aliphatic hydroxyl groups excluding tert-OH is 1. The van der Waals surface area contributed by atoms with E-state index in [1.807, 2.05) is 6.92 Å². The van der Waals surface area contributed by atoms with Gasteiger partial charge in [-0.1, -0.05) is 19.4 Å². The van der Waals surface area contributed by atoms with Gasteiger partial charge < -0.3 is 24.8 Å². The number of ether oxygens (including phenoxy) is 2. The predicted molar refractivity (Wildman–Crippen MR) is 117 cm³/mol. The fourth-order valence-corrected chi connectivity index (χ4v) is 7.68. The molecule has 0 spiro atoms. The van der Waals surface area contributed by atoms with E-state index in [1.54, 1.807) is 6.08 Å². The quantitative estimate of drug-likeness (QED) is 0.462. The molecule has 0 amide bonds. The molecule has 4 aliphatic rings. The van der Waals surface area contributed by atoms with Gasteiger partial charge in [0.1, 0.15) is 18.8 Å². The summed E-state index contributed by atoms with van der Waals surface area (Å²) in [6, 6.07) is 0. The monoisotopic (exact) mass is 478 g/mol. The smallest absolute Gasteiger partial charge is 0.332 e. The summed E-state index contributed by atoms with van der Waals surface area (Å²) >= 11 is 0. The summed E-state index contributed by atoms with van der Waals surface area (Å²) in [5.74, 6) is -2.45. The number of hydrogen-bond acceptors (Lipinski definition) is 8. The molecule has 0 aliphatic heterocycles. The Balaban J connectivity index is 1.49. The molecule has 0 heterocycles. The molecule has 0 unspecified atom stereocenters. The number of carboxylic acids is 1. The van der Waals surface area contributed by atoms with Gasteiger partial charge in [0.15, 0.2) is 12.4 Å². The highest BCUT2D eigenvalue weighted by molar-refractivity contribution is 5.92. The van der Waals surface area contributed by atoms with Gasteiger partial charge >= 0.3 is 11.9 Å². The molecule has 34 heavy (non-hydrogen) atoms. The summed E-state index contributed by atoms with van der Waals surface area (Å²) in [5, 5.41) is 31.5. The minimum Gasteiger partial charge on any atom is -0.480 e. The van der Waals surface area contributed by atoms with E-state index in [0.29, 0.717) is 19.3 Å². The average molecular weight is 479 g/mol. The van der Waals surface area contributed by atoms with Crippen LogP contribution in [0.25, 0.3) is 0 Å². The van der Waals surface area contributed by atoms with Crippen molar-refractivity contribution in [3.8, 4) is 0 Å². The molecule has 0 aromatic carbocycles. The molecule has 0 radical (unpaired) electrons. The van der Waals surface area contributed by atoms with Crippen LogP contribution in [0.1, 0.15) is 58.8 Å². The maximum absolute atomic E-state index is 13.1. The number of carbonyl (C=O) groups is 4. The van der Waals surface area contributed by atoms with Crippen LogP contribution in [-0.4, -0.2) is 70.4 Å². The Bertz CT molecular complexity index is 925. The zero-order chi connectivity index (χ0) is 24.9. The second-order valence-corrected chi connectivity index (χ2v) is 10.9. The Kier molecular flexibility index (Phi) is 6.50. The molecule has 4 rings (SSSR count). The number of aliphatic carboxylic acids is 1. The first kappa shape index (κ1) is 25.0. The summed E-state index contributed by atoms with van der Waals surface area (Å²) in [6.07, 6.45) is 4.93. The summed E-state index contributed by atoms with van der Waals surface area (Å²) in [5.41, 5.74) is -1.73. The molecule has 0 saturated heterocycles. The van der Waals surface area contributed by atoms with Gasteiger partial charge in [-0.05, 0) is 67.8 Å². The first-order valence-corrected chi connectivity index (χ1v) is 12.0. The molecular formula is C25H34O9. The molecule has 3 fully saturated rings. The molecule has 7 atom stereocenters. The van der Waals surface area contributed by atoms with Gasteiger partial charge in [0.25, 0.3) is 0 Å². The van der Waals surface area contributed by atoms with Gasteiger partial charge in [0, 0.05) is 11.8 Å². The van der Waals surface area contributed by atoms with Crippen LogP contribution in [0.5, 0.6) is 0 Å². The zero-order valence-corrected chi connectivity index (χ0v) is 19.7. The van der Waals surface area contributed by atoms with Crippen molar-refractivity contribution in [3.05, 3.63) is 11.6 Å². The molecule has 0 aromatic heterocycles. The van der Waals surface area contributed by atoms with E-state index in [1.165, 1.54) is 0 Å². The predicted octanol–water partition coefficient (Wildman–Crippen LogP) is 1.43. The third kappa shape index (κ3) is 3.91. The summed E-state index contributed by atoms with van der Waals surface area (Å²) in [7, 11) is 0. The Morgan fingerprint density at radius 2 is 1.82 bits per heavy atom. The molecule has 9 heteroatoms. The zero-order valence-electron chi connectivity index (χ0n) is 19.7. The van der Waals surface area contributed by atoms with Crippen LogP contribution >= 0.6 is 0 Å². The fraction of sp³-hybridized carbons (Fsp3) is 0.760. The third-order valence-corrected chi connectivity index (χ3v) is 9.32. The van der Waals surface area contributed by atoms with Crippen molar-refractivity contribution < 1.29 is 44.0 Å². The highest BCUT2D eigenvalue weighted by atomic mass is 16.6. The summed E-state index contributed by atoms with van der Waals surface area (Å²) in [4.78, 5) is 47.4. The fourth-order valence-electron chi connectivity index (χ4n) is 7.68. The van der Waals surface area contributed by atoms with Crippen LogP contribution in [0.15, 0.2) is 11.6 Å². The maximum atomic E-state index is 13.1. The van der Waals surface area contributed by atoms with Gasteiger partial charge in [-0.15, -0.1) is 0 Å². The Morgan fingerprint density at radius 3 is 2.53 bits per heavy atom. The number of esters is 1. The van der Waals surface area contributed by atoms with Crippen LogP contribution < -0.4 is 0 Å². The van der Waals surface area contributed by atoms with Crippen LogP contribution in [0, 0.1) is 28.6 Å². The summed E-state index contributed by atoms with van der Waals surface area (Å²) < 4.78 is 9.62. The molecule has 3 N–H and O–H groups in total. The molecule has 9 nitrogen and oxygen atoms in total. The SMILES string of the molecule is C[C@]12CCC(=O)C=C1CC[C@@H]1[C@@H]2[C@H](O)C[C@@]2(C)[C@H]1CC[C@]2(O)C(=O)COC(=O)COCC(=O)O. The van der Waals surface area contributed by atoms with Crippen LogP contribution in [0.2, 0.25) is 0 Å². The van der Waals surface area contributed by atoms with E-state index >= 15 is 0 Å². The first-order valence-electron chi connectivity index (χ1n) is 12.0. The van der Waals surface area contributed by atoms with E-state index < -0.39 is 54.7 Å². The molecule has 0 aromatic rings. The minimum atomic E-state index is -1.73. The number of fused-ring (bicyclic) bond motifs is 5. The van der Waals surface area contributed by atoms with Crippen molar-refractivity contribution in [1.29, 1.82) is 0 Å². The third-order valence-electron chi connectivity index (χ3n) is 9.32. The normalized spacial score (nSPS) is 41.1. The lowest BCUT2D eigenvalue weighted by molar-refractivity contribution is -0.185. The molecular weight excluding hydrogens is 444 g/mol. The van der Waals surface area contributed by atoms with Crippen molar-refractivity contribution in [2.45, 2.75) is 70.5 Å². The molecule has 4 aliphatic carbocycles. The number of rotatable bonds is 7. The molecule has 188 valence electrons. The van der Waals surface area contributed by atoms with E-state index in [2.05, 4.69) is 11.7 Å². The number of allylic oxidation sites excluding steroid dienone is 1. The largest absolute Gasteiger partial charge is 0.480 e. The van der Waals surface area contributed by atoms with Gasteiger partial charge in [0.05, 0.1) is 6.10 Å². The molecule has 3 saturated carbocycles. The Morgan fingerprint density at radius 1 is 1.09 bits per heavy atom. The Hall–Kier alpha value is -2.10. The van der Waals surface area contributed by atoms with Crippen molar-refractivity contribution >= 4 is 23.5 Å². The Labute approximate surface area is 198 Å². The highest BCUT2D eigenvalue weighted by Crippen LogP contribution is 2.67. The van der Waals surface area contributed by atoms with Gasteiger partial charge in [-0.25, -0.2) is 9.59 Å². The number of carbonyl (C=O) groups excluding carboxylic acids is 3. The van der Waals surface area contributed by atoms with Crippen LogP contribution in [-0.2, 0) is 28.7 Å². The lowest BCUT2D eigenvalue weighted by atomic mass is 9.45. The average Bonchev–Trinajstić information content (AvgIpc) is 3.03. The van der Waals surface area contributed by atoms with Gasteiger partial charge in [-0.3, -0.25) is 9.59 Å². The lowest BCUT2D eigenvalue weighted by Crippen LogP contribution is -2.62. The number of ketones is 2. The first-order chi connectivity index (χ1) is 15.9. The van der Waals surface area contributed by atoms with Gasteiger partial charge in [-0.2, -0.15) is 0 Å². The summed E-state index contributed by atoms with van der Waals surface area (Å²) in [6.45, 7) is 2.11. The van der Waals surface area contributed by atoms with E-state index in [9.17, 15) is 29.4 Å². The topological polar surface area (TPSA) is 147 Å². The molecule has 0 bridgehead atoms. The van der Waals surface area contributed by atoms with Crippen molar-refractivity contribution in [1.82, 2.24) is 0 Å². The standard InChI is InChI=1S/C25H34O9/c1-23-7-5-15(26)9-14(23)3-4-16-17-6-8-25(32,24(17,2)10-18(27)22(16)23)19(28)11-34-21(31)13-33-12-20(29)30/h9,16-18,22,27,32H,3-8,10-13H2,1-2H3,(H,29,30)/t16-,17-,18+,22+,23-,24-,25-/m0/s1. The lowest BCUT2D eigenvalue weighted by Gasteiger charge is -2.60. The number of Topliss-reactive ketones (excluding diaryl/α,β-unsaturated/α-hetero) is 1. The van der Waals surface area contributed by atoms with Crippen molar-refractivity contribution in [2.75, 3.05) is 19.8 Å². The van der Waals surface area contributed by atoms with Crippen LogP contribution in [0.4, 0.5) is 0 Å². The number of carboxylic acid groups (broad SMARTS) is 1. The van der Waals surface area contributed by atoms with Crippen LogP contribution in [0.3, 0.4) is 0 Å². The second kappa shape index (κ2) is 8.84. The highest BCUT2D eigenvalue weighted by Gasteiger charge is 2.68. The van der Waals surface area contributed by atoms with E-state index in [-0.39, 0.29) is 41.8 Å². The van der Waals surface area contributed by atoms with Crippen molar-refractivity contribution in [3.63, 3.8) is 0 Å². The number of hydrogen-bond donors (Lipinski definition) is 3. The number of aliphatic hydroxyl groups is 2. The van der Waals surface area contributed by atoms with Crippen molar-refractivity contribution in [2.24, 2.45) is 28.6 Å². The van der Waals surface area contributed by atoms with E-state index in [0.717, 1.165) is 18.4 Å². The maximum Gasteiger partial charge on any atom is 0.332 e.